The number of rotatable bonds is 6. The van der Waals surface area contributed by atoms with Crippen molar-refractivity contribution in [1.82, 2.24) is 0 Å². The van der Waals surface area contributed by atoms with Crippen LogP contribution < -0.4 is 10.6 Å². The summed E-state index contributed by atoms with van der Waals surface area (Å²) in [7, 11) is 3.53. The summed E-state index contributed by atoms with van der Waals surface area (Å²) in [5.41, 5.74) is 8.06. The Morgan fingerprint density at radius 2 is 2.06 bits per heavy atom. The van der Waals surface area contributed by atoms with E-state index >= 15 is 0 Å². The van der Waals surface area contributed by atoms with E-state index in [0.717, 1.165) is 11.3 Å². The van der Waals surface area contributed by atoms with Crippen molar-refractivity contribution in [2.75, 3.05) is 32.2 Å². The molecule has 2 unspecified atom stereocenters. The molecular formula is C13H22N2O2. The molecule has 17 heavy (non-hydrogen) atoms. The van der Waals surface area contributed by atoms with Gasteiger partial charge in [0.2, 0.25) is 0 Å². The Labute approximate surface area is 103 Å². The van der Waals surface area contributed by atoms with Crippen molar-refractivity contribution in [2.24, 2.45) is 5.73 Å². The number of anilines is 1. The van der Waals surface area contributed by atoms with Crippen molar-refractivity contribution >= 4 is 5.69 Å². The highest BCUT2D eigenvalue weighted by molar-refractivity contribution is 5.54. The smallest absolute Gasteiger partial charge is 0.0947 e. The molecule has 0 saturated carbocycles. The maximum Gasteiger partial charge on any atom is 0.0947 e. The minimum Gasteiger partial charge on any atom is -0.389 e. The third-order valence-electron chi connectivity index (χ3n) is 2.68. The van der Waals surface area contributed by atoms with Gasteiger partial charge >= 0.3 is 0 Å². The molecule has 0 heterocycles. The number of ether oxygens (including phenoxy) is 1. The van der Waals surface area contributed by atoms with Gasteiger partial charge in [0.15, 0.2) is 0 Å². The molecule has 0 bridgehead atoms. The zero-order valence-corrected chi connectivity index (χ0v) is 10.8. The molecule has 3 N–H and O–H groups in total. The maximum atomic E-state index is 9.71. The lowest BCUT2D eigenvalue weighted by molar-refractivity contribution is 0.0695. The summed E-state index contributed by atoms with van der Waals surface area (Å²) in [6.45, 7) is 2.82. The molecule has 1 aromatic rings. The summed E-state index contributed by atoms with van der Waals surface area (Å²) in [6, 6.07) is 7.95. The number of aliphatic hydroxyl groups excluding tert-OH is 1. The first-order valence-electron chi connectivity index (χ1n) is 5.79. The van der Waals surface area contributed by atoms with Crippen LogP contribution in [0.5, 0.6) is 0 Å². The van der Waals surface area contributed by atoms with Gasteiger partial charge in [0.25, 0.3) is 0 Å². The van der Waals surface area contributed by atoms with Crippen LogP contribution in [0.15, 0.2) is 24.3 Å². The molecule has 0 aliphatic carbocycles. The Kier molecular flexibility index (Phi) is 5.41. The van der Waals surface area contributed by atoms with E-state index in [4.69, 9.17) is 10.5 Å². The third-order valence-corrected chi connectivity index (χ3v) is 2.68. The second kappa shape index (κ2) is 6.59. The maximum absolute atomic E-state index is 9.71. The van der Waals surface area contributed by atoms with E-state index in [2.05, 4.69) is 0 Å². The van der Waals surface area contributed by atoms with E-state index in [1.165, 1.54) is 0 Å². The largest absolute Gasteiger partial charge is 0.389 e. The fraction of sp³-hybridized carbons (Fsp3) is 0.538. The molecule has 2 atom stereocenters. The van der Waals surface area contributed by atoms with Gasteiger partial charge in [0, 0.05) is 32.4 Å². The highest BCUT2D eigenvalue weighted by Gasteiger charge is 2.13. The van der Waals surface area contributed by atoms with Gasteiger partial charge in [-0.2, -0.15) is 0 Å². The second-order valence-electron chi connectivity index (χ2n) is 4.34. The SMILES string of the molecule is COCC(O)CN(C)c1ccccc1C(C)N. The van der Waals surface area contributed by atoms with Crippen LogP contribution in [0.25, 0.3) is 0 Å². The van der Waals surface area contributed by atoms with Gasteiger partial charge in [0.05, 0.1) is 12.7 Å². The average molecular weight is 238 g/mol. The normalized spacial score (nSPS) is 14.4. The molecule has 0 aliphatic rings. The molecule has 1 aromatic carbocycles. The Morgan fingerprint density at radius 3 is 2.65 bits per heavy atom. The van der Waals surface area contributed by atoms with Crippen molar-refractivity contribution in [3.63, 3.8) is 0 Å². The van der Waals surface area contributed by atoms with E-state index in [1.807, 2.05) is 43.1 Å². The highest BCUT2D eigenvalue weighted by Crippen LogP contribution is 2.23. The Hall–Kier alpha value is -1.10. The van der Waals surface area contributed by atoms with Gasteiger partial charge in [0.1, 0.15) is 0 Å². The lowest BCUT2D eigenvalue weighted by Crippen LogP contribution is -2.32. The van der Waals surface area contributed by atoms with Crippen LogP contribution in [0.1, 0.15) is 18.5 Å². The van der Waals surface area contributed by atoms with Gasteiger partial charge < -0.3 is 20.5 Å². The van der Waals surface area contributed by atoms with Crippen LogP contribution in [0.3, 0.4) is 0 Å². The quantitative estimate of drug-likeness (QED) is 0.780. The van der Waals surface area contributed by atoms with Crippen LogP contribution in [0.2, 0.25) is 0 Å². The summed E-state index contributed by atoms with van der Waals surface area (Å²) in [6.07, 6.45) is -0.494. The van der Waals surface area contributed by atoms with Gasteiger partial charge in [-0.3, -0.25) is 0 Å². The van der Waals surface area contributed by atoms with Crippen LogP contribution in [-0.2, 0) is 4.74 Å². The van der Waals surface area contributed by atoms with Crippen molar-refractivity contribution < 1.29 is 9.84 Å². The Morgan fingerprint density at radius 1 is 1.41 bits per heavy atom. The van der Waals surface area contributed by atoms with E-state index in [0.29, 0.717) is 13.2 Å². The summed E-state index contributed by atoms with van der Waals surface area (Å²) >= 11 is 0. The van der Waals surface area contributed by atoms with Crippen molar-refractivity contribution in [1.29, 1.82) is 0 Å². The number of methoxy groups -OCH3 is 1. The number of para-hydroxylation sites is 1. The van der Waals surface area contributed by atoms with E-state index in [1.54, 1.807) is 7.11 Å². The molecule has 4 nitrogen and oxygen atoms in total. The highest BCUT2D eigenvalue weighted by atomic mass is 16.5. The first-order chi connectivity index (χ1) is 8.06. The van der Waals surface area contributed by atoms with Crippen molar-refractivity contribution in [2.45, 2.75) is 19.1 Å². The van der Waals surface area contributed by atoms with E-state index < -0.39 is 6.10 Å². The van der Waals surface area contributed by atoms with E-state index in [9.17, 15) is 5.11 Å². The molecule has 0 amide bonds. The third kappa shape index (κ3) is 4.00. The van der Waals surface area contributed by atoms with Crippen LogP contribution in [0, 0.1) is 0 Å². The Bertz CT molecular complexity index is 342. The molecule has 0 saturated heterocycles. The summed E-state index contributed by atoms with van der Waals surface area (Å²) in [4.78, 5) is 2.00. The lowest BCUT2D eigenvalue weighted by atomic mass is 10.1. The Balaban J connectivity index is 2.77. The standard InChI is InChI=1S/C13H22N2O2/c1-10(14)12-6-4-5-7-13(12)15(2)8-11(16)9-17-3/h4-7,10-11,16H,8-9,14H2,1-3H3. The number of likely N-dealkylation sites (N-methyl/N-ethyl adjacent to an activating group) is 1. The molecule has 0 aromatic heterocycles. The summed E-state index contributed by atoms with van der Waals surface area (Å²) in [5, 5.41) is 9.71. The van der Waals surface area contributed by atoms with Gasteiger partial charge in [-0.15, -0.1) is 0 Å². The van der Waals surface area contributed by atoms with E-state index in [-0.39, 0.29) is 6.04 Å². The van der Waals surface area contributed by atoms with Gasteiger partial charge in [-0.25, -0.2) is 0 Å². The number of nitrogens with two attached hydrogens (primary N) is 1. The van der Waals surface area contributed by atoms with Crippen LogP contribution >= 0.6 is 0 Å². The number of hydrogen-bond donors (Lipinski definition) is 2. The van der Waals surface area contributed by atoms with Crippen molar-refractivity contribution in [3.05, 3.63) is 29.8 Å². The minimum atomic E-state index is -0.494. The fourth-order valence-electron chi connectivity index (χ4n) is 1.88. The minimum absolute atomic E-state index is 0.0202. The first-order valence-corrected chi connectivity index (χ1v) is 5.79. The molecule has 0 aliphatic heterocycles. The second-order valence-corrected chi connectivity index (χ2v) is 4.34. The number of aliphatic hydroxyl groups is 1. The molecule has 96 valence electrons. The monoisotopic (exact) mass is 238 g/mol. The number of hydrogen-bond acceptors (Lipinski definition) is 4. The topological polar surface area (TPSA) is 58.7 Å². The molecular weight excluding hydrogens is 216 g/mol. The molecule has 0 radical (unpaired) electrons. The summed E-state index contributed by atoms with van der Waals surface area (Å²) in [5.74, 6) is 0. The number of benzene rings is 1. The predicted octanol–water partition coefficient (Wildman–Crippen LogP) is 1.15. The fourth-order valence-corrected chi connectivity index (χ4v) is 1.88. The van der Waals surface area contributed by atoms with Gasteiger partial charge in [-0.05, 0) is 18.6 Å². The molecule has 0 spiro atoms. The number of nitrogens with zero attached hydrogens (tertiary/aromatic N) is 1. The van der Waals surface area contributed by atoms with Crippen LogP contribution in [-0.4, -0.2) is 38.5 Å². The molecule has 4 heteroatoms. The zero-order chi connectivity index (χ0) is 12.8. The summed E-state index contributed by atoms with van der Waals surface area (Å²) < 4.78 is 4.92. The van der Waals surface area contributed by atoms with Gasteiger partial charge in [-0.1, -0.05) is 18.2 Å². The average Bonchev–Trinajstić information content (AvgIpc) is 2.29. The molecule has 0 fully saturated rings. The van der Waals surface area contributed by atoms with Crippen molar-refractivity contribution in [3.8, 4) is 0 Å². The van der Waals surface area contributed by atoms with Crippen LogP contribution in [0.4, 0.5) is 5.69 Å². The lowest BCUT2D eigenvalue weighted by Gasteiger charge is -2.26. The predicted molar refractivity (Wildman–Crippen MR) is 70.2 cm³/mol. The molecule has 1 rings (SSSR count). The first kappa shape index (κ1) is 14.0. The zero-order valence-electron chi connectivity index (χ0n) is 10.8.